The van der Waals surface area contributed by atoms with E-state index in [-0.39, 0.29) is 12.5 Å². The van der Waals surface area contributed by atoms with Gasteiger partial charge in [-0.3, -0.25) is 0 Å². The Hall–Kier alpha value is -1.55. The first-order chi connectivity index (χ1) is 8.92. The average molecular weight is 265 g/mol. The van der Waals surface area contributed by atoms with Gasteiger partial charge in [-0.05, 0) is 32.8 Å². The Morgan fingerprint density at radius 1 is 1.32 bits per heavy atom. The maximum atomic E-state index is 11.6. The largest absolute Gasteiger partial charge is 0.444 e. The minimum atomic E-state index is -0.497. The summed E-state index contributed by atoms with van der Waals surface area (Å²) in [6, 6.07) is 9.84. The molecule has 0 fully saturated rings. The predicted molar refractivity (Wildman–Crippen MR) is 75.1 cm³/mol. The van der Waals surface area contributed by atoms with Crippen molar-refractivity contribution in [1.82, 2.24) is 5.32 Å². The Kier molecular flexibility index (Phi) is 5.83. The molecule has 0 aliphatic carbocycles. The number of nitrogens with one attached hydrogen (secondary N) is 1. The minimum absolute atomic E-state index is 0.0928. The molecule has 1 unspecified atom stereocenters. The van der Waals surface area contributed by atoms with Gasteiger partial charge >= 0.3 is 6.09 Å². The number of amides is 1. The number of aliphatic hydroxyl groups excluding tert-OH is 1. The van der Waals surface area contributed by atoms with Crippen molar-refractivity contribution in [1.29, 1.82) is 0 Å². The van der Waals surface area contributed by atoms with Crippen molar-refractivity contribution < 1.29 is 14.6 Å². The van der Waals surface area contributed by atoms with E-state index in [1.807, 2.05) is 51.1 Å². The van der Waals surface area contributed by atoms with Gasteiger partial charge in [0.25, 0.3) is 0 Å². The van der Waals surface area contributed by atoms with Gasteiger partial charge in [-0.15, -0.1) is 0 Å². The highest BCUT2D eigenvalue weighted by molar-refractivity contribution is 5.67. The van der Waals surface area contributed by atoms with Gasteiger partial charge in [0.15, 0.2) is 0 Å². The maximum absolute atomic E-state index is 11.6. The highest BCUT2D eigenvalue weighted by Gasteiger charge is 2.18. The SMILES string of the molecule is CC(C)(C)OC(=O)NCC(CCO)c1ccccc1. The number of alkyl carbamates (subject to hydrolysis) is 1. The molecule has 1 atom stereocenters. The first-order valence-corrected chi connectivity index (χ1v) is 6.55. The molecule has 1 amide bonds. The lowest BCUT2D eigenvalue weighted by atomic mass is 9.96. The predicted octanol–water partition coefficient (Wildman–Crippen LogP) is 2.68. The molecule has 1 rings (SSSR count). The minimum Gasteiger partial charge on any atom is -0.444 e. The van der Waals surface area contributed by atoms with Gasteiger partial charge in [0, 0.05) is 19.1 Å². The highest BCUT2D eigenvalue weighted by Crippen LogP contribution is 2.18. The van der Waals surface area contributed by atoms with Crippen molar-refractivity contribution in [2.75, 3.05) is 13.2 Å². The molecule has 106 valence electrons. The van der Waals surface area contributed by atoms with Crippen molar-refractivity contribution in [3.05, 3.63) is 35.9 Å². The third-order valence-corrected chi connectivity index (χ3v) is 2.64. The molecule has 0 aliphatic rings. The summed E-state index contributed by atoms with van der Waals surface area (Å²) in [6.45, 7) is 6.04. The van der Waals surface area contributed by atoms with Crippen molar-refractivity contribution in [2.45, 2.75) is 38.7 Å². The summed E-state index contributed by atoms with van der Waals surface area (Å²) >= 11 is 0. The van der Waals surface area contributed by atoms with Crippen molar-refractivity contribution in [3.8, 4) is 0 Å². The Morgan fingerprint density at radius 2 is 1.95 bits per heavy atom. The summed E-state index contributed by atoms with van der Waals surface area (Å²) in [6.07, 6.45) is 0.186. The Labute approximate surface area is 114 Å². The van der Waals surface area contributed by atoms with Crippen LogP contribution < -0.4 is 5.32 Å². The fourth-order valence-electron chi connectivity index (χ4n) is 1.79. The number of hydrogen-bond donors (Lipinski definition) is 2. The first kappa shape index (κ1) is 15.5. The number of aliphatic hydroxyl groups is 1. The van der Waals surface area contributed by atoms with Crippen LogP contribution >= 0.6 is 0 Å². The third kappa shape index (κ3) is 6.25. The van der Waals surface area contributed by atoms with Crippen LogP contribution in [-0.2, 0) is 4.74 Å². The lowest BCUT2D eigenvalue weighted by Crippen LogP contribution is -2.35. The summed E-state index contributed by atoms with van der Waals surface area (Å²) in [5, 5.41) is 11.9. The van der Waals surface area contributed by atoms with E-state index >= 15 is 0 Å². The molecule has 0 spiro atoms. The second kappa shape index (κ2) is 7.14. The van der Waals surface area contributed by atoms with Crippen LogP contribution in [0.3, 0.4) is 0 Å². The highest BCUT2D eigenvalue weighted by atomic mass is 16.6. The van der Waals surface area contributed by atoms with Crippen LogP contribution in [0, 0.1) is 0 Å². The monoisotopic (exact) mass is 265 g/mol. The molecule has 0 radical (unpaired) electrons. The van der Waals surface area contributed by atoms with Crippen LogP contribution in [0.25, 0.3) is 0 Å². The Bertz CT molecular complexity index is 384. The van der Waals surface area contributed by atoms with E-state index in [1.165, 1.54) is 0 Å². The molecule has 0 aliphatic heterocycles. The van der Waals surface area contributed by atoms with E-state index in [9.17, 15) is 4.79 Å². The number of rotatable bonds is 5. The number of ether oxygens (including phenoxy) is 1. The third-order valence-electron chi connectivity index (χ3n) is 2.64. The van der Waals surface area contributed by atoms with E-state index in [0.29, 0.717) is 13.0 Å². The molecule has 2 N–H and O–H groups in total. The topological polar surface area (TPSA) is 58.6 Å². The number of benzene rings is 1. The maximum Gasteiger partial charge on any atom is 0.407 e. The first-order valence-electron chi connectivity index (χ1n) is 6.55. The van der Waals surface area contributed by atoms with Gasteiger partial charge in [0.1, 0.15) is 5.60 Å². The molecule has 19 heavy (non-hydrogen) atoms. The smallest absolute Gasteiger partial charge is 0.407 e. The fourth-order valence-corrected chi connectivity index (χ4v) is 1.79. The zero-order chi connectivity index (χ0) is 14.3. The van der Waals surface area contributed by atoms with Gasteiger partial charge < -0.3 is 15.2 Å². The summed E-state index contributed by atoms with van der Waals surface area (Å²) < 4.78 is 5.19. The summed E-state index contributed by atoms with van der Waals surface area (Å²) in [5.74, 6) is 0.0960. The molecule has 4 heteroatoms. The summed E-state index contributed by atoms with van der Waals surface area (Å²) in [5.41, 5.74) is 0.608. The van der Waals surface area contributed by atoms with Gasteiger partial charge in [0.05, 0.1) is 0 Å². The van der Waals surface area contributed by atoms with Gasteiger partial charge in [-0.2, -0.15) is 0 Å². The lowest BCUT2D eigenvalue weighted by molar-refractivity contribution is 0.0522. The molecule has 0 saturated carbocycles. The Morgan fingerprint density at radius 3 is 2.47 bits per heavy atom. The van der Waals surface area contributed by atoms with Crippen LogP contribution in [0.1, 0.15) is 38.7 Å². The molecular weight excluding hydrogens is 242 g/mol. The van der Waals surface area contributed by atoms with Crippen LogP contribution in [0.5, 0.6) is 0 Å². The standard InChI is InChI=1S/C15H23NO3/c1-15(2,3)19-14(18)16-11-13(9-10-17)12-7-5-4-6-8-12/h4-8,13,17H,9-11H2,1-3H3,(H,16,18). The second-order valence-electron chi connectivity index (χ2n) is 5.50. The fraction of sp³-hybridized carbons (Fsp3) is 0.533. The number of carbonyl (C=O) groups excluding carboxylic acids is 1. The second-order valence-corrected chi connectivity index (χ2v) is 5.50. The van der Waals surface area contributed by atoms with Crippen LogP contribution in [-0.4, -0.2) is 30.0 Å². The molecular formula is C15H23NO3. The van der Waals surface area contributed by atoms with Gasteiger partial charge in [-0.25, -0.2) is 4.79 Å². The normalized spacial score (nSPS) is 12.8. The van der Waals surface area contributed by atoms with E-state index < -0.39 is 11.7 Å². The zero-order valence-corrected chi connectivity index (χ0v) is 11.8. The average Bonchev–Trinajstić information content (AvgIpc) is 2.33. The van der Waals surface area contributed by atoms with E-state index in [4.69, 9.17) is 9.84 Å². The number of carbonyl (C=O) groups is 1. The van der Waals surface area contributed by atoms with Crippen molar-refractivity contribution >= 4 is 6.09 Å². The van der Waals surface area contributed by atoms with E-state index in [1.54, 1.807) is 0 Å². The molecule has 0 bridgehead atoms. The molecule has 4 nitrogen and oxygen atoms in total. The molecule has 0 heterocycles. The summed E-state index contributed by atoms with van der Waals surface area (Å²) in [4.78, 5) is 11.6. The van der Waals surface area contributed by atoms with Crippen molar-refractivity contribution in [3.63, 3.8) is 0 Å². The summed E-state index contributed by atoms with van der Waals surface area (Å²) in [7, 11) is 0. The Balaban J connectivity index is 2.54. The van der Waals surface area contributed by atoms with Crippen LogP contribution in [0.4, 0.5) is 4.79 Å². The van der Waals surface area contributed by atoms with Gasteiger partial charge in [-0.1, -0.05) is 30.3 Å². The van der Waals surface area contributed by atoms with Crippen LogP contribution in [0.15, 0.2) is 30.3 Å². The van der Waals surface area contributed by atoms with E-state index in [0.717, 1.165) is 5.56 Å². The molecule has 1 aromatic carbocycles. The molecule has 0 aromatic heterocycles. The van der Waals surface area contributed by atoms with Gasteiger partial charge in [0.2, 0.25) is 0 Å². The van der Waals surface area contributed by atoms with E-state index in [2.05, 4.69) is 5.32 Å². The van der Waals surface area contributed by atoms with Crippen molar-refractivity contribution in [2.24, 2.45) is 0 Å². The molecule has 0 saturated heterocycles. The van der Waals surface area contributed by atoms with Crippen LogP contribution in [0.2, 0.25) is 0 Å². The lowest BCUT2D eigenvalue weighted by Gasteiger charge is -2.22. The molecule has 1 aromatic rings. The quantitative estimate of drug-likeness (QED) is 0.860. The number of hydrogen-bond acceptors (Lipinski definition) is 3. The zero-order valence-electron chi connectivity index (χ0n) is 11.8.